The Kier molecular flexibility index (Phi) is 4.46. The second kappa shape index (κ2) is 6.70. The van der Waals surface area contributed by atoms with Crippen LogP contribution < -0.4 is 4.74 Å². The highest BCUT2D eigenvalue weighted by atomic mass is 16.5. The van der Waals surface area contributed by atoms with E-state index in [-0.39, 0.29) is 17.2 Å². The number of hydrogen-bond donors (Lipinski definition) is 1. The van der Waals surface area contributed by atoms with Gasteiger partial charge in [-0.2, -0.15) is 0 Å². The number of nitrogens with zero attached hydrogens (tertiary/aromatic N) is 2. The summed E-state index contributed by atoms with van der Waals surface area (Å²) in [5.41, 5.74) is 2.53. The van der Waals surface area contributed by atoms with Gasteiger partial charge in [-0.15, -0.1) is 0 Å². The van der Waals surface area contributed by atoms with Crippen LogP contribution >= 0.6 is 0 Å². The van der Waals surface area contributed by atoms with E-state index in [1.807, 2.05) is 12.1 Å². The van der Waals surface area contributed by atoms with Gasteiger partial charge in [0.2, 0.25) is 0 Å². The maximum atomic E-state index is 12.7. The predicted octanol–water partition coefficient (Wildman–Crippen LogP) is 2.03. The zero-order valence-corrected chi connectivity index (χ0v) is 13.4. The minimum absolute atomic E-state index is 0.0631. The van der Waals surface area contributed by atoms with E-state index in [1.165, 1.54) is 23.9 Å². The Balaban J connectivity index is 1.81. The molecule has 1 aromatic heterocycles. The Morgan fingerprint density at radius 1 is 1.21 bits per heavy atom. The van der Waals surface area contributed by atoms with E-state index in [4.69, 9.17) is 9.84 Å². The number of rotatable bonds is 3. The average molecular weight is 326 g/mol. The smallest absolute Gasteiger partial charge is 0.335 e. The first kappa shape index (κ1) is 16.0. The highest BCUT2D eigenvalue weighted by molar-refractivity contribution is 5.95. The van der Waals surface area contributed by atoms with Gasteiger partial charge in [-0.1, -0.05) is 12.1 Å². The van der Waals surface area contributed by atoms with Gasteiger partial charge in [-0.3, -0.25) is 9.78 Å². The molecule has 0 atom stereocenters. The van der Waals surface area contributed by atoms with Crippen LogP contribution in [-0.4, -0.2) is 47.1 Å². The van der Waals surface area contributed by atoms with Crippen LogP contribution in [-0.2, 0) is 12.8 Å². The van der Waals surface area contributed by atoms with E-state index in [1.54, 1.807) is 12.0 Å². The molecule has 0 bridgehead atoms. The Hall–Kier alpha value is -2.89. The van der Waals surface area contributed by atoms with Gasteiger partial charge in [-0.05, 0) is 42.2 Å². The van der Waals surface area contributed by atoms with Crippen molar-refractivity contribution in [3.63, 3.8) is 0 Å². The summed E-state index contributed by atoms with van der Waals surface area (Å²) in [4.78, 5) is 29.5. The molecule has 3 rings (SSSR count). The highest BCUT2D eigenvalue weighted by Gasteiger charge is 2.22. The number of carboxylic acids is 1. The summed E-state index contributed by atoms with van der Waals surface area (Å²) in [5, 5.41) is 9.06. The number of aromatic carboxylic acids is 1. The van der Waals surface area contributed by atoms with Crippen LogP contribution in [0.1, 0.15) is 32.0 Å². The van der Waals surface area contributed by atoms with Gasteiger partial charge in [0, 0.05) is 19.3 Å². The number of pyridine rings is 1. The third-order valence-electron chi connectivity index (χ3n) is 4.25. The number of methoxy groups -OCH3 is 1. The van der Waals surface area contributed by atoms with Gasteiger partial charge in [0.15, 0.2) is 0 Å². The van der Waals surface area contributed by atoms with E-state index < -0.39 is 5.97 Å². The molecule has 124 valence electrons. The van der Waals surface area contributed by atoms with Crippen LogP contribution in [0.15, 0.2) is 36.5 Å². The molecule has 0 saturated carbocycles. The minimum atomic E-state index is -1.07. The molecular weight excluding hydrogens is 308 g/mol. The molecule has 24 heavy (non-hydrogen) atoms. The monoisotopic (exact) mass is 326 g/mol. The molecule has 0 fully saturated rings. The number of hydrogen-bond acceptors (Lipinski definition) is 4. The van der Waals surface area contributed by atoms with E-state index in [0.717, 1.165) is 17.7 Å². The maximum absolute atomic E-state index is 12.7. The van der Waals surface area contributed by atoms with Crippen LogP contribution in [0.5, 0.6) is 5.75 Å². The molecule has 1 amide bonds. The lowest BCUT2D eigenvalue weighted by atomic mass is 10.0. The number of carbonyl (C=O) groups excluding carboxylic acids is 1. The second-order valence-corrected chi connectivity index (χ2v) is 5.63. The van der Waals surface area contributed by atoms with Gasteiger partial charge in [0.25, 0.3) is 5.91 Å². The van der Waals surface area contributed by atoms with Gasteiger partial charge in [0.05, 0.1) is 12.7 Å². The molecule has 0 unspecified atom stereocenters. The van der Waals surface area contributed by atoms with E-state index in [9.17, 15) is 9.59 Å². The predicted molar refractivity (Wildman–Crippen MR) is 87.5 cm³/mol. The van der Waals surface area contributed by atoms with Crippen molar-refractivity contribution in [3.05, 3.63) is 58.9 Å². The summed E-state index contributed by atoms with van der Waals surface area (Å²) in [6.07, 6.45) is 2.78. The topological polar surface area (TPSA) is 79.7 Å². The number of benzene rings is 1. The largest absolute Gasteiger partial charge is 0.496 e. The SMILES string of the molecule is COc1cccc2c1CCN(C(=O)c1cc(C(=O)O)ccn1)CC2. The summed E-state index contributed by atoms with van der Waals surface area (Å²) < 4.78 is 5.41. The van der Waals surface area contributed by atoms with Gasteiger partial charge < -0.3 is 14.7 Å². The van der Waals surface area contributed by atoms with Gasteiger partial charge >= 0.3 is 5.97 Å². The summed E-state index contributed by atoms with van der Waals surface area (Å²) >= 11 is 0. The lowest BCUT2D eigenvalue weighted by Crippen LogP contribution is -2.34. The second-order valence-electron chi connectivity index (χ2n) is 5.63. The zero-order valence-electron chi connectivity index (χ0n) is 13.4. The molecule has 0 spiro atoms. The summed E-state index contributed by atoms with van der Waals surface area (Å²) in [6.45, 7) is 1.11. The average Bonchev–Trinajstić information content (AvgIpc) is 2.83. The standard InChI is InChI=1S/C18H18N2O4/c1-24-16-4-2-3-12-6-9-20(10-7-14(12)16)17(21)15-11-13(18(22)23)5-8-19-15/h2-5,8,11H,6-7,9-10H2,1H3,(H,22,23). The summed E-state index contributed by atoms with van der Waals surface area (Å²) in [5.74, 6) is -0.475. The van der Waals surface area contributed by atoms with Crippen LogP contribution in [0.25, 0.3) is 0 Å². The number of carbonyl (C=O) groups is 2. The molecule has 0 radical (unpaired) electrons. The van der Waals surface area contributed by atoms with Crippen LogP contribution in [0.2, 0.25) is 0 Å². The van der Waals surface area contributed by atoms with Gasteiger partial charge in [0.1, 0.15) is 11.4 Å². The molecule has 6 nitrogen and oxygen atoms in total. The van der Waals surface area contributed by atoms with Crippen molar-refractivity contribution < 1.29 is 19.4 Å². The zero-order chi connectivity index (χ0) is 17.1. The van der Waals surface area contributed by atoms with E-state index in [2.05, 4.69) is 11.1 Å². The normalized spacial score (nSPS) is 13.8. The maximum Gasteiger partial charge on any atom is 0.335 e. The Morgan fingerprint density at radius 2 is 2.00 bits per heavy atom. The lowest BCUT2D eigenvalue weighted by molar-refractivity contribution is 0.0696. The van der Waals surface area contributed by atoms with E-state index in [0.29, 0.717) is 19.5 Å². The molecule has 0 saturated heterocycles. The fourth-order valence-corrected chi connectivity index (χ4v) is 2.98. The quantitative estimate of drug-likeness (QED) is 0.933. The third kappa shape index (κ3) is 3.08. The first-order valence-corrected chi connectivity index (χ1v) is 7.73. The van der Waals surface area contributed by atoms with Crippen molar-refractivity contribution >= 4 is 11.9 Å². The van der Waals surface area contributed by atoms with Crippen LogP contribution in [0.4, 0.5) is 0 Å². The molecule has 1 N–H and O–H groups in total. The van der Waals surface area contributed by atoms with E-state index >= 15 is 0 Å². The molecule has 1 aliphatic heterocycles. The minimum Gasteiger partial charge on any atom is -0.496 e. The molecule has 1 aliphatic rings. The number of carboxylic acid groups (broad SMARTS) is 1. The Labute approximate surface area is 139 Å². The lowest BCUT2D eigenvalue weighted by Gasteiger charge is -2.19. The van der Waals surface area contributed by atoms with Crippen molar-refractivity contribution in [2.45, 2.75) is 12.8 Å². The fourth-order valence-electron chi connectivity index (χ4n) is 2.98. The third-order valence-corrected chi connectivity index (χ3v) is 4.25. The Morgan fingerprint density at radius 3 is 2.75 bits per heavy atom. The fraction of sp³-hybridized carbons (Fsp3) is 0.278. The summed E-state index contributed by atoms with van der Waals surface area (Å²) in [7, 11) is 1.64. The molecule has 2 heterocycles. The number of ether oxygens (including phenoxy) is 1. The molecular formula is C18H18N2O4. The van der Waals surface area contributed by atoms with Crippen LogP contribution in [0.3, 0.4) is 0 Å². The van der Waals surface area contributed by atoms with Crippen molar-refractivity contribution in [2.24, 2.45) is 0 Å². The first-order chi connectivity index (χ1) is 11.6. The van der Waals surface area contributed by atoms with Crippen molar-refractivity contribution in [3.8, 4) is 5.75 Å². The highest BCUT2D eigenvalue weighted by Crippen LogP contribution is 2.26. The Bertz CT molecular complexity index is 788. The number of aromatic nitrogens is 1. The number of amides is 1. The first-order valence-electron chi connectivity index (χ1n) is 7.73. The molecule has 1 aromatic carbocycles. The summed E-state index contributed by atoms with van der Waals surface area (Å²) in [6, 6.07) is 8.63. The van der Waals surface area contributed by atoms with Gasteiger partial charge in [-0.25, -0.2) is 4.79 Å². The van der Waals surface area contributed by atoms with Crippen molar-refractivity contribution in [1.82, 2.24) is 9.88 Å². The molecule has 2 aromatic rings. The molecule has 0 aliphatic carbocycles. The van der Waals surface area contributed by atoms with Crippen molar-refractivity contribution in [1.29, 1.82) is 0 Å². The number of fused-ring (bicyclic) bond motifs is 1. The van der Waals surface area contributed by atoms with Crippen LogP contribution in [0, 0.1) is 0 Å². The molecule has 6 heteroatoms. The van der Waals surface area contributed by atoms with Crippen molar-refractivity contribution in [2.75, 3.05) is 20.2 Å².